The zero-order valence-electron chi connectivity index (χ0n) is 25.1. The summed E-state index contributed by atoms with van der Waals surface area (Å²) in [7, 11) is -3.76. The van der Waals surface area contributed by atoms with E-state index in [2.05, 4.69) is 16.0 Å². The SMILES string of the molecule is C[C@H](NC[C@@H](O)[C@H](Cc1ccccc1)NC(=O)c1cccc(N(c2ccc(Cl)cc2)S(C)(=O)=O)c1)C(=O)NC1CCCCC1. The third-order valence-electron chi connectivity index (χ3n) is 7.79. The summed E-state index contributed by atoms with van der Waals surface area (Å²) >= 11 is 6.00. The van der Waals surface area contributed by atoms with Crippen LogP contribution in [0.2, 0.25) is 5.02 Å². The fourth-order valence-corrected chi connectivity index (χ4v) is 6.52. The molecule has 3 atom stereocenters. The Bertz CT molecular complexity index is 1500. The molecule has 3 aromatic rings. The van der Waals surface area contributed by atoms with Crippen LogP contribution in [-0.2, 0) is 21.2 Å². The number of carbonyl (C=O) groups is 2. The molecule has 0 unspecified atom stereocenters. The number of sulfonamides is 1. The first kappa shape index (κ1) is 33.5. The van der Waals surface area contributed by atoms with Crippen molar-refractivity contribution in [2.24, 2.45) is 0 Å². The van der Waals surface area contributed by atoms with Gasteiger partial charge in [0.15, 0.2) is 0 Å². The molecule has 11 heteroatoms. The highest BCUT2D eigenvalue weighted by Crippen LogP contribution is 2.30. The molecule has 1 aliphatic rings. The Balaban J connectivity index is 1.48. The maximum absolute atomic E-state index is 13.5. The molecule has 0 aliphatic heterocycles. The fourth-order valence-electron chi connectivity index (χ4n) is 5.39. The average Bonchev–Trinajstić information content (AvgIpc) is 3.01. The molecule has 0 aromatic heterocycles. The largest absolute Gasteiger partial charge is 0.390 e. The van der Waals surface area contributed by atoms with Gasteiger partial charge in [0.1, 0.15) is 0 Å². The minimum Gasteiger partial charge on any atom is -0.390 e. The normalized spacial score (nSPS) is 16.0. The molecule has 0 heterocycles. The molecule has 0 radical (unpaired) electrons. The summed E-state index contributed by atoms with van der Waals surface area (Å²) in [5.41, 5.74) is 1.80. The number of rotatable bonds is 13. The summed E-state index contributed by atoms with van der Waals surface area (Å²) in [4.78, 5) is 26.3. The number of amides is 2. The van der Waals surface area contributed by atoms with Gasteiger partial charge in [0, 0.05) is 23.2 Å². The number of aliphatic hydroxyl groups is 1. The third-order valence-corrected chi connectivity index (χ3v) is 9.13. The van der Waals surface area contributed by atoms with Crippen LogP contribution < -0.4 is 20.3 Å². The summed E-state index contributed by atoms with van der Waals surface area (Å²) < 4.78 is 26.7. The molecule has 1 fully saturated rings. The van der Waals surface area contributed by atoms with E-state index in [1.165, 1.54) is 12.5 Å². The van der Waals surface area contributed by atoms with Crippen LogP contribution in [0.1, 0.15) is 54.9 Å². The summed E-state index contributed by atoms with van der Waals surface area (Å²) in [6.07, 6.45) is 5.80. The highest BCUT2D eigenvalue weighted by molar-refractivity contribution is 7.92. The molecule has 4 N–H and O–H groups in total. The van der Waals surface area contributed by atoms with E-state index in [4.69, 9.17) is 11.6 Å². The Kier molecular flexibility index (Phi) is 11.8. The van der Waals surface area contributed by atoms with Crippen molar-refractivity contribution in [1.82, 2.24) is 16.0 Å². The van der Waals surface area contributed by atoms with Crippen molar-refractivity contribution in [2.75, 3.05) is 17.1 Å². The van der Waals surface area contributed by atoms with Crippen LogP contribution in [0.5, 0.6) is 0 Å². The Morgan fingerprint density at radius 2 is 1.64 bits per heavy atom. The second kappa shape index (κ2) is 15.5. The number of anilines is 2. The molecule has 0 saturated heterocycles. The molecule has 3 aromatic carbocycles. The number of carbonyl (C=O) groups excluding carboxylic acids is 2. The Morgan fingerprint density at radius 1 is 0.955 bits per heavy atom. The molecule has 0 bridgehead atoms. The van der Waals surface area contributed by atoms with E-state index in [0.717, 1.165) is 41.8 Å². The number of benzene rings is 3. The molecule has 9 nitrogen and oxygen atoms in total. The molecular weight excluding hydrogens is 600 g/mol. The lowest BCUT2D eigenvalue weighted by Gasteiger charge is -2.28. The van der Waals surface area contributed by atoms with E-state index in [1.54, 1.807) is 49.4 Å². The van der Waals surface area contributed by atoms with Crippen molar-refractivity contribution >= 4 is 44.8 Å². The van der Waals surface area contributed by atoms with E-state index in [0.29, 0.717) is 17.1 Å². The zero-order chi connectivity index (χ0) is 31.7. The van der Waals surface area contributed by atoms with E-state index in [1.807, 2.05) is 30.3 Å². The van der Waals surface area contributed by atoms with Crippen LogP contribution in [-0.4, -0.2) is 62.4 Å². The maximum atomic E-state index is 13.5. The zero-order valence-corrected chi connectivity index (χ0v) is 26.7. The van der Waals surface area contributed by atoms with Crippen molar-refractivity contribution in [1.29, 1.82) is 0 Å². The number of nitrogens with one attached hydrogen (secondary N) is 3. The monoisotopic (exact) mass is 640 g/mol. The summed E-state index contributed by atoms with van der Waals surface area (Å²) in [6, 6.07) is 21.1. The first-order valence-electron chi connectivity index (χ1n) is 14.9. The van der Waals surface area contributed by atoms with Crippen LogP contribution in [0.15, 0.2) is 78.9 Å². The Morgan fingerprint density at radius 3 is 2.30 bits per heavy atom. The van der Waals surface area contributed by atoms with Gasteiger partial charge in [-0.1, -0.05) is 67.3 Å². The lowest BCUT2D eigenvalue weighted by Crippen LogP contribution is -2.53. The quantitative estimate of drug-likeness (QED) is 0.217. The molecule has 2 amide bonds. The standard InChI is InChI=1S/C33H41ClN4O5S/c1-23(32(40)36-27-13-7-4-8-14-27)35-22-31(39)30(20-24-10-5-3-6-11-24)37-33(41)25-12-9-15-29(21-25)38(44(2,42)43)28-18-16-26(34)17-19-28/h3,5-6,9-12,15-19,21,23,27,30-31,35,39H,4,7-8,13-14,20,22H2,1-2H3,(H,36,40)(H,37,41)/t23-,30-,31+/m0/s1. The Hall–Kier alpha value is -3.44. The number of aliphatic hydroxyl groups excluding tert-OH is 1. The third kappa shape index (κ3) is 9.53. The molecule has 4 rings (SSSR count). The first-order chi connectivity index (χ1) is 21.0. The van der Waals surface area contributed by atoms with Crippen LogP contribution in [0.25, 0.3) is 0 Å². The van der Waals surface area contributed by atoms with Crippen LogP contribution in [0.4, 0.5) is 11.4 Å². The number of hydrogen-bond acceptors (Lipinski definition) is 6. The van der Waals surface area contributed by atoms with Gasteiger partial charge in [-0.25, -0.2) is 12.7 Å². The molecule has 1 saturated carbocycles. The van der Waals surface area contributed by atoms with Gasteiger partial charge in [0.2, 0.25) is 15.9 Å². The topological polar surface area (TPSA) is 128 Å². The van der Waals surface area contributed by atoms with Gasteiger partial charge >= 0.3 is 0 Å². The van der Waals surface area contributed by atoms with E-state index >= 15 is 0 Å². The predicted molar refractivity (Wildman–Crippen MR) is 175 cm³/mol. The summed E-state index contributed by atoms with van der Waals surface area (Å²) in [5.74, 6) is -0.583. The summed E-state index contributed by atoms with van der Waals surface area (Å²) in [5, 5.41) is 20.8. The van der Waals surface area contributed by atoms with Gasteiger partial charge in [0.05, 0.1) is 35.8 Å². The average molecular weight is 641 g/mol. The van der Waals surface area contributed by atoms with Gasteiger partial charge in [-0.3, -0.25) is 9.59 Å². The van der Waals surface area contributed by atoms with Crippen LogP contribution in [0.3, 0.4) is 0 Å². The number of nitrogens with zero attached hydrogens (tertiary/aromatic N) is 1. The van der Waals surface area contributed by atoms with E-state index in [-0.39, 0.29) is 29.7 Å². The summed E-state index contributed by atoms with van der Waals surface area (Å²) in [6.45, 7) is 1.84. The fraction of sp³-hybridized carbons (Fsp3) is 0.394. The van der Waals surface area contributed by atoms with Crippen molar-refractivity contribution in [2.45, 2.75) is 69.7 Å². The second-order valence-electron chi connectivity index (χ2n) is 11.4. The Labute approximate surface area is 265 Å². The van der Waals surface area contributed by atoms with Gasteiger partial charge in [-0.05, 0) is 74.2 Å². The predicted octanol–water partition coefficient (Wildman–Crippen LogP) is 4.57. The smallest absolute Gasteiger partial charge is 0.251 e. The highest BCUT2D eigenvalue weighted by atomic mass is 35.5. The van der Waals surface area contributed by atoms with E-state index < -0.39 is 34.1 Å². The van der Waals surface area contributed by atoms with E-state index in [9.17, 15) is 23.1 Å². The molecule has 44 heavy (non-hydrogen) atoms. The van der Waals surface area contributed by atoms with Crippen LogP contribution >= 0.6 is 11.6 Å². The molecule has 0 spiro atoms. The van der Waals surface area contributed by atoms with Gasteiger partial charge < -0.3 is 21.1 Å². The molecular formula is C33H41ClN4O5S. The lowest BCUT2D eigenvalue weighted by atomic mass is 9.95. The van der Waals surface area contributed by atoms with Gasteiger partial charge in [0.25, 0.3) is 5.91 Å². The minimum atomic E-state index is -3.76. The number of hydrogen-bond donors (Lipinski definition) is 4. The molecule has 236 valence electrons. The minimum absolute atomic E-state index is 0.0789. The van der Waals surface area contributed by atoms with Crippen molar-refractivity contribution in [3.63, 3.8) is 0 Å². The van der Waals surface area contributed by atoms with Gasteiger partial charge in [-0.2, -0.15) is 0 Å². The maximum Gasteiger partial charge on any atom is 0.251 e. The lowest BCUT2D eigenvalue weighted by molar-refractivity contribution is -0.123. The van der Waals surface area contributed by atoms with Crippen LogP contribution in [0, 0.1) is 0 Å². The van der Waals surface area contributed by atoms with Crippen molar-refractivity contribution in [3.05, 3.63) is 95.0 Å². The van der Waals surface area contributed by atoms with Crippen molar-refractivity contribution in [3.8, 4) is 0 Å². The second-order valence-corrected chi connectivity index (χ2v) is 13.6. The number of halogens is 1. The van der Waals surface area contributed by atoms with Crippen molar-refractivity contribution < 1.29 is 23.1 Å². The molecule has 1 aliphatic carbocycles. The van der Waals surface area contributed by atoms with Gasteiger partial charge in [-0.15, -0.1) is 0 Å². The highest BCUT2D eigenvalue weighted by Gasteiger charge is 2.26. The first-order valence-corrected chi connectivity index (χ1v) is 17.2.